The molecular weight excluding hydrogens is 426 g/mol. The fraction of sp³-hybridized carbons (Fsp3) is 0.118. The molecule has 0 aliphatic heterocycles. The fourth-order valence-corrected chi connectivity index (χ4v) is 4.26. The van der Waals surface area contributed by atoms with E-state index >= 15 is 0 Å². The molecule has 0 bridgehead atoms. The van der Waals surface area contributed by atoms with Crippen LogP contribution in [-0.2, 0) is 4.74 Å². The monoisotopic (exact) mass is 434 g/mol. The SMILES string of the molecule is O=C(OCCOc1ccc(Cl)cc1Cl)c1sc2cc(Cl)ccc2c1Cl. The number of hydrogen-bond donors (Lipinski definition) is 0. The molecule has 130 valence electrons. The second-order valence-electron chi connectivity index (χ2n) is 4.94. The first-order chi connectivity index (χ1) is 12.0. The standard InChI is InChI=1S/C17H10Cl4O3S/c18-9-2-4-13(12(20)7-9)23-5-6-24-17(22)16-15(21)11-3-1-10(19)8-14(11)25-16/h1-4,7-8H,5-6H2. The third-order valence-corrected chi connectivity index (χ3v) is 5.65. The fourth-order valence-electron chi connectivity index (χ4n) is 2.11. The molecule has 1 aromatic heterocycles. The van der Waals surface area contributed by atoms with Crippen molar-refractivity contribution in [1.82, 2.24) is 0 Å². The van der Waals surface area contributed by atoms with Crippen LogP contribution in [0.5, 0.6) is 5.75 Å². The maximum atomic E-state index is 12.2. The first kappa shape index (κ1) is 18.6. The van der Waals surface area contributed by atoms with Crippen molar-refractivity contribution in [3.63, 3.8) is 0 Å². The van der Waals surface area contributed by atoms with Crippen LogP contribution in [0.4, 0.5) is 0 Å². The topological polar surface area (TPSA) is 35.5 Å². The molecule has 25 heavy (non-hydrogen) atoms. The molecule has 8 heteroatoms. The van der Waals surface area contributed by atoms with Crippen LogP contribution in [0.2, 0.25) is 20.1 Å². The highest BCUT2D eigenvalue weighted by Crippen LogP contribution is 2.37. The van der Waals surface area contributed by atoms with E-state index in [0.717, 1.165) is 10.1 Å². The first-order valence-electron chi connectivity index (χ1n) is 7.08. The van der Waals surface area contributed by atoms with Gasteiger partial charge in [-0.3, -0.25) is 0 Å². The number of thiophene rings is 1. The van der Waals surface area contributed by atoms with Crippen LogP contribution >= 0.6 is 57.7 Å². The molecule has 0 fully saturated rings. The number of ether oxygens (including phenoxy) is 2. The van der Waals surface area contributed by atoms with Gasteiger partial charge in [-0.05, 0) is 30.3 Å². The normalized spacial score (nSPS) is 10.9. The zero-order valence-electron chi connectivity index (χ0n) is 12.5. The number of benzene rings is 2. The van der Waals surface area contributed by atoms with Crippen LogP contribution in [0.3, 0.4) is 0 Å². The number of halogens is 4. The summed E-state index contributed by atoms with van der Waals surface area (Å²) in [4.78, 5) is 12.6. The third-order valence-electron chi connectivity index (χ3n) is 3.24. The minimum absolute atomic E-state index is 0.0586. The van der Waals surface area contributed by atoms with Crippen molar-refractivity contribution in [3.05, 3.63) is 61.4 Å². The van der Waals surface area contributed by atoms with Crippen LogP contribution in [0.15, 0.2) is 36.4 Å². The van der Waals surface area contributed by atoms with Crippen molar-refractivity contribution in [3.8, 4) is 5.75 Å². The number of esters is 1. The van der Waals surface area contributed by atoms with Crippen LogP contribution in [0, 0.1) is 0 Å². The molecule has 0 saturated carbocycles. The average Bonchev–Trinajstić information content (AvgIpc) is 2.89. The highest BCUT2D eigenvalue weighted by atomic mass is 35.5. The Kier molecular flexibility index (Phi) is 5.97. The summed E-state index contributed by atoms with van der Waals surface area (Å²) in [6.45, 7) is 0.213. The largest absolute Gasteiger partial charge is 0.488 e. The van der Waals surface area contributed by atoms with E-state index in [9.17, 15) is 4.79 Å². The maximum Gasteiger partial charge on any atom is 0.350 e. The summed E-state index contributed by atoms with van der Waals surface area (Å²) in [5, 5.41) is 2.63. The highest BCUT2D eigenvalue weighted by molar-refractivity contribution is 7.21. The number of hydrogen-bond acceptors (Lipinski definition) is 4. The number of rotatable bonds is 5. The number of carbonyl (C=O) groups excluding carboxylic acids is 1. The van der Waals surface area contributed by atoms with Crippen LogP contribution in [-0.4, -0.2) is 19.2 Å². The van der Waals surface area contributed by atoms with Crippen molar-refractivity contribution in [2.24, 2.45) is 0 Å². The number of carbonyl (C=O) groups is 1. The zero-order chi connectivity index (χ0) is 18.0. The lowest BCUT2D eigenvalue weighted by Gasteiger charge is -2.08. The smallest absolute Gasteiger partial charge is 0.350 e. The molecular formula is C17H10Cl4O3S. The summed E-state index contributed by atoms with van der Waals surface area (Å²) in [7, 11) is 0. The summed E-state index contributed by atoms with van der Waals surface area (Å²) in [5.41, 5.74) is 0. The van der Waals surface area contributed by atoms with Gasteiger partial charge in [0.1, 0.15) is 23.8 Å². The van der Waals surface area contributed by atoms with Crippen molar-refractivity contribution < 1.29 is 14.3 Å². The molecule has 0 N–H and O–H groups in total. The number of fused-ring (bicyclic) bond motifs is 1. The highest BCUT2D eigenvalue weighted by Gasteiger charge is 2.18. The van der Waals surface area contributed by atoms with Gasteiger partial charge in [-0.1, -0.05) is 52.5 Å². The van der Waals surface area contributed by atoms with E-state index in [0.29, 0.717) is 30.7 Å². The van der Waals surface area contributed by atoms with Gasteiger partial charge in [0, 0.05) is 20.1 Å². The van der Waals surface area contributed by atoms with Crippen molar-refractivity contribution in [2.75, 3.05) is 13.2 Å². The maximum absolute atomic E-state index is 12.2. The second-order valence-corrected chi connectivity index (χ2v) is 7.66. The summed E-state index contributed by atoms with van der Waals surface area (Å²) >= 11 is 25.3. The van der Waals surface area contributed by atoms with Gasteiger partial charge in [0.25, 0.3) is 0 Å². The minimum Gasteiger partial charge on any atom is -0.488 e. The predicted molar refractivity (Wildman–Crippen MR) is 104 cm³/mol. The van der Waals surface area contributed by atoms with Crippen molar-refractivity contribution in [1.29, 1.82) is 0 Å². The van der Waals surface area contributed by atoms with Crippen LogP contribution in [0.1, 0.15) is 9.67 Å². The molecule has 0 atom stereocenters. The van der Waals surface area contributed by atoms with Gasteiger partial charge in [0.2, 0.25) is 0 Å². The van der Waals surface area contributed by atoms with Gasteiger partial charge in [-0.25, -0.2) is 4.79 Å². The zero-order valence-corrected chi connectivity index (χ0v) is 16.4. The van der Waals surface area contributed by atoms with E-state index in [-0.39, 0.29) is 13.2 Å². The molecule has 1 heterocycles. The molecule has 0 aliphatic carbocycles. The van der Waals surface area contributed by atoms with E-state index in [1.807, 2.05) is 0 Å². The summed E-state index contributed by atoms with van der Waals surface area (Å²) in [6, 6.07) is 10.2. The lowest BCUT2D eigenvalue weighted by atomic mass is 10.2. The second kappa shape index (κ2) is 8.02. The lowest BCUT2D eigenvalue weighted by molar-refractivity contribution is 0.0456. The van der Waals surface area contributed by atoms with Gasteiger partial charge >= 0.3 is 5.97 Å². The van der Waals surface area contributed by atoms with E-state index in [4.69, 9.17) is 55.9 Å². The van der Waals surface area contributed by atoms with Crippen molar-refractivity contribution in [2.45, 2.75) is 0 Å². The molecule has 0 amide bonds. The molecule has 0 saturated heterocycles. The summed E-state index contributed by atoms with van der Waals surface area (Å²) < 4.78 is 11.5. The summed E-state index contributed by atoms with van der Waals surface area (Å²) in [6.07, 6.45) is 0. The quantitative estimate of drug-likeness (QED) is 0.328. The van der Waals surface area contributed by atoms with E-state index in [1.54, 1.807) is 36.4 Å². The molecule has 3 nitrogen and oxygen atoms in total. The Balaban J connectivity index is 1.60. The molecule has 2 aromatic carbocycles. The average molecular weight is 436 g/mol. The van der Waals surface area contributed by atoms with E-state index in [1.165, 1.54) is 11.3 Å². The van der Waals surface area contributed by atoms with Gasteiger partial charge in [0.05, 0.1) is 10.0 Å². The van der Waals surface area contributed by atoms with E-state index < -0.39 is 5.97 Å². The molecule has 0 unspecified atom stereocenters. The predicted octanol–water partition coefficient (Wildman–Crippen LogP) is 6.75. The van der Waals surface area contributed by atoms with E-state index in [2.05, 4.69) is 0 Å². The van der Waals surface area contributed by atoms with Crippen LogP contribution in [0.25, 0.3) is 10.1 Å². The van der Waals surface area contributed by atoms with Gasteiger partial charge in [0.15, 0.2) is 0 Å². The molecule has 0 radical (unpaired) electrons. The molecule has 0 aliphatic rings. The molecule has 0 spiro atoms. The lowest BCUT2D eigenvalue weighted by Crippen LogP contribution is -2.11. The molecule has 3 rings (SSSR count). The van der Waals surface area contributed by atoms with Gasteiger partial charge in [-0.15, -0.1) is 11.3 Å². The Morgan fingerprint density at radius 3 is 2.44 bits per heavy atom. The summed E-state index contributed by atoms with van der Waals surface area (Å²) in [5.74, 6) is -0.0372. The van der Waals surface area contributed by atoms with Crippen LogP contribution < -0.4 is 4.74 Å². The minimum atomic E-state index is -0.506. The van der Waals surface area contributed by atoms with Gasteiger partial charge in [-0.2, -0.15) is 0 Å². The molecule has 3 aromatic rings. The van der Waals surface area contributed by atoms with Crippen molar-refractivity contribution >= 4 is 73.8 Å². The Morgan fingerprint density at radius 1 is 0.960 bits per heavy atom. The Labute approximate surface area is 168 Å². The first-order valence-corrected chi connectivity index (χ1v) is 9.41. The van der Waals surface area contributed by atoms with Gasteiger partial charge < -0.3 is 9.47 Å². The third kappa shape index (κ3) is 4.33. The Bertz CT molecular complexity index is 939. The Morgan fingerprint density at radius 2 is 1.68 bits per heavy atom. The Hall–Kier alpha value is -1.17.